The van der Waals surface area contributed by atoms with Crippen LogP contribution in [0.2, 0.25) is 0 Å². The van der Waals surface area contributed by atoms with Crippen molar-refractivity contribution in [1.82, 2.24) is 15.0 Å². The molecule has 0 aliphatic carbocycles. The van der Waals surface area contributed by atoms with Gasteiger partial charge in [-0.1, -0.05) is 97.1 Å². The lowest BCUT2D eigenvalue weighted by Crippen LogP contribution is -2.01. The van der Waals surface area contributed by atoms with Crippen molar-refractivity contribution in [1.29, 1.82) is 5.26 Å². The highest BCUT2D eigenvalue weighted by molar-refractivity contribution is 5.75. The second kappa shape index (κ2) is 11.0. The van der Waals surface area contributed by atoms with E-state index in [9.17, 15) is 9.65 Å². The van der Waals surface area contributed by atoms with Gasteiger partial charge in [0, 0.05) is 16.7 Å². The summed E-state index contributed by atoms with van der Waals surface area (Å²) >= 11 is 0. The average molecular weight is 530 g/mol. The minimum Gasteiger partial charge on any atom is -0.235 e. The van der Waals surface area contributed by atoms with E-state index >= 15 is 0 Å². The molecule has 5 aromatic carbocycles. The molecule has 6 aromatic rings. The summed E-state index contributed by atoms with van der Waals surface area (Å²) in [6.45, 7) is 7.40. The van der Waals surface area contributed by atoms with E-state index < -0.39 is 5.82 Å². The fourth-order valence-electron chi connectivity index (χ4n) is 4.60. The van der Waals surface area contributed by atoms with Gasteiger partial charge in [0.15, 0.2) is 17.5 Å². The average Bonchev–Trinajstić information content (AvgIpc) is 3.05. The molecule has 0 radical (unpaired) electrons. The lowest BCUT2D eigenvalue weighted by atomic mass is 10.0. The molecule has 0 atom stereocenters. The Bertz CT molecular complexity index is 1840. The van der Waals surface area contributed by atoms with Gasteiger partial charge in [-0.25, -0.2) is 24.2 Å². The van der Waals surface area contributed by atoms with Gasteiger partial charge in [-0.15, -0.1) is 0 Å². The van der Waals surface area contributed by atoms with Gasteiger partial charge < -0.3 is 0 Å². The third-order valence-corrected chi connectivity index (χ3v) is 6.64. The monoisotopic (exact) mass is 529 g/mol. The van der Waals surface area contributed by atoms with Gasteiger partial charge in [-0.05, 0) is 46.5 Å². The molecule has 0 aliphatic heterocycles. The first-order valence-corrected chi connectivity index (χ1v) is 12.8. The zero-order valence-electron chi connectivity index (χ0n) is 21.7. The Morgan fingerprint density at radius 2 is 0.976 bits per heavy atom. The molecule has 0 amide bonds. The van der Waals surface area contributed by atoms with Gasteiger partial charge in [0.1, 0.15) is 11.9 Å². The van der Waals surface area contributed by atoms with Gasteiger partial charge >= 0.3 is 0 Å². The fraction of sp³-hybridized carbons (Fsp3) is 0. The van der Waals surface area contributed by atoms with Crippen molar-refractivity contribution in [3.05, 3.63) is 144 Å². The van der Waals surface area contributed by atoms with Crippen LogP contribution in [0.25, 0.3) is 61.3 Å². The van der Waals surface area contributed by atoms with Gasteiger partial charge in [-0.2, -0.15) is 5.26 Å². The highest BCUT2D eigenvalue weighted by Gasteiger charge is 2.17. The Balaban J connectivity index is 1.55. The number of hydrogen-bond acceptors (Lipinski definition) is 4. The molecule has 0 saturated carbocycles. The number of benzene rings is 5. The highest BCUT2D eigenvalue weighted by atomic mass is 19.1. The van der Waals surface area contributed by atoms with Crippen LogP contribution in [0.5, 0.6) is 0 Å². The summed E-state index contributed by atoms with van der Waals surface area (Å²) in [5.41, 5.74) is 5.50. The summed E-state index contributed by atoms with van der Waals surface area (Å²) in [6, 6.07) is 40.4. The third kappa shape index (κ3) is 5.18. The predicted octanol–water partition coefficient (Wildman–Crippen LogP) is 8.77. The van der Waals surface area contributed by atoms with Gasteiger partial charge in [-0.3, -0.25) is 0 Å². The van der Waals surface area contributed by atoms with Crippen LogP contribution in [0.1, 0.15) is 5.56 Å². The van der Waals surface area contributed by atoms with Crippen molar-refractivity contribution in [2.45, 2.75) is 0 Å². The molecular formula is C35H20FN5. The standard InChI is InChI=1S/C35H20FN5/c1-38-31-21-29(20-30(22-37)32(31)36)35-40-33(27-16-8-14-25(18-27)23-10-4-2-5-11-23)39-34(41-35)28-17-9-15-26(19-28)24-12-6-3-7-13-24/h2-21H. The number of nitrogens with zero attached hydrogens (tertiary/aromatic N) is 5. The van der Waals surface area contributed by atoms with Crippen molar-refractivity contribution < 1.29 is 4.39 Å². The van der Waals surface area contributed by atoms with Crippen molar-refractivity contribution >= 4 is 5.69 Å². The molecule has 6 rings (SSSR count). The molecule has 1 heterocycles. The molecule has 192 valence electrons. The first-order chi connectivity index (χ1) is 20.1. The summed E-state index contributed by atoms with van der Waals surface area (Å²) < 4.78 is 14.6. The van der Waals surface area contributed by atoms with E-state index in [4.69, 9.17) is 21.5 Å². The van der Waals surface area contributed by atoms with Crippen molar-refractivity contribution in [3.8, 4) is 62.5 Å². The molecule has 0 saturated heterocycles. The Kier molecular flexibility index (Phi) is 6.80. The van der Waals surface area contributed by atoms with Crippen molar-refractivity contribution in [2.75, 3.05) is 0 Å². The van der Waals surface area contributed by atoms with Crippen LogP contribution in [0.15, 0.2) is 121 Å². The number of nitriles is 1. The minimum atomic E-state index is -0.855. The predicted molar refractivity (Wildman–Crippen MR) is 158 cm³/mol. The first kappa shape index (κ1) is 25.3. The Morgan fingerprint density at radius 1 is 0.537 bits per heavy atom. The Morgan fingerprint density at radius 3 is 1.44 bits per heavy atom. The highest BCUT2D eigenvalue weighted by Crippen LogP contribution is 2.32. The Labute approximate surface area is 236 Å². The molecule has 0 spiro atoms. The van der Waals surface area contributed by atoms with Crippen LogP contribution < -0.4 is 0 Å². The number of halogens is 1. The largest absolute Gasteiger partial charge is 0.235 e. The van der Waals surface area contributed by atoms with Crippen molar-refractivity contribution in [2.24, 2.45) is 0 Å². The fourth-order valence-corrected chi connectivity index (χ4v) is 4.60. The first-order valence-electron chi connectivity index (χ1n) is 12.8. The second-order valence-corrected chi connectivity index (χ2v) is 9.28. The van der Waals surface area contributed by atoms with Crippen LogP contribution in [0, 0.1) is 23.7 Å². The van der Waals surface area contributed by atoms with E-state index in [1.807, 2.05) is 115 Å². The molecule has 41 heavy (non-hydrogen) atoms. The maximum atomic E-state index is 14.6. The molecule has 0 aliphatic rings. The van der Waals surface area contributed by atoms with Crippen molar-refractivity contribution in [3.63, 3.8) is 0 Å². The van der Waals surface area contributed by atoms with Crippen LogP contribution in [0.4, 0.5) is 10.1 Å². The summed E-state index contributed by atoms with van der Waals surface area (Å²) in [5.74, 6) is 0.216. The van der Waals surface area contributed by atoms with Gasteiger partial charge in [0.2, 0.25) is 5.69 Å². The van der Waals surface area contributed by atoms with E-state index in [2.05, 4.69) is 4.85 Å². The topological polar surface area (TPSA) is 66.8 Å². The van der Waals surface area contributed by atoms with Gasteiger partial charge in [0.05, 0.1) is 12.1 Å². The Hall–Kier alpha value is -5.98. The van der Waals surface area contributed by atoms with Crippen LogP contribution >= 0.6 is 0 Å². The van der Waals surface area contributed by atoms with Crippen LogP contribution in [-0.4, -0.2) is 15.0 Å². The van der Waals surface area contributed by atoms with E-state index in [1.165, 1.54) is 12.1 Å². The molecule has 0 fully saturated rings. The molecule has 0 bridgehead atoms. The van der Waals surface area contributed by atoms with E-state index in [1.54, 1.807) is 0 Å². The number of hydrogen-bond donors (Lipinski definition) is 0. The molecule has 6 heteroatoms. The summed E-state index contributed by atoms with van der Waals surface area (Å²) in [5, 5.41) is 9.51. The lowest BCUT2D eigenvalue weighted by Gasteiger charge is -2.11. The van der Waals surface area contributed by atoms with E-state index in [-0.39, 0.29) is 17.1 Å². The summed E-state index contributed by atoms with van der Waals surface area (Å²) in [4.78, 5) is 17.6. The molecule has 0 unspecified atom stereocenters. The summed E-state index contributed by atoms with van der Waals surface area (Å²) in [6.07, 6.45) is 0. The number of aromatic nitrogens is 3. The minimum absolute atomic E-state index is 0.238. The molecule has 1 aromatic heterocycles. The lowest BCUT2D eigenvalue weighted by molar-refractivity contribution is 0.630. The molecule has 0 N–H and O–H groups in total. The van der Waals surface area contributed by atoms with E-state index in [0.717, 1.165) is 33.4 Å². The molecule has 5 nitrogen and oxygen atoms in total. The maximum absolute atomic E-state index is 14.6. The third-order valence-electron chi connectivity index (χ3n) is 6.64. The maximum Gasteiger partial charge on any atom is 0.224 e. The quantitative estimate of drug-likeness (QED) is 0.209. The van der Waals surface area contributed by atoms with Gasteiger partial charge in [0.25, 0.3) is 0 Å². The zero-order chi connectivity index (χ0) is 28.2. The molecular weight excluding hydrogens is 509 g/mol. The second-order valence-electron chi connectivity index (χ2n) is 9.28. The SMILES string of the molecule is [C-]#[N+]c1cc(-c2nc(-c3cccc(-c4ccccc4)c3)nc(-c3cccc(-c4ccccc4)c3)n2)cc(C#N)c1F. The zero-order valence-corrected chi connectivity index (χ0v) is 21.7. The van der Waals surface area contributed by atoms with Crippen LogP contribution in [-0.2, 0) is 0 Å². The normalized spacial score (nSPS) is 10.5. The number of rotatable bonds is 5. The van der Waals surface area contributed by atoms with Crippen LogP contribution in [0.3, 0.4) is 0 Å². The summed E-state index contributed by atoms with van der Waals surface area (Å²) in [7, 11) is 0. The smallest absolute Gasteiger partial charge is 0.224 e. The van der Waals surface area contributed by atoms with E-state index in [0.29, 0.717) is 17.2 Å².